The number of hydrogen-bond acceptors (Lipinski definition) is 2. The fourth-order valence-electron chi connectivity index (χ4n) is 3.07. The molecular weight excluding hydrogens is 324 g/mol. The molecule has 0 bridgehead atoms. The summed E-state index contributed by atoms with van der Waals surface area (Å²) in [4.78, 5) is 2.56. The average Bonchev–Trinajstić information content (AvgIpc) is 2.42. The topological polar surface area (TPSA) is 15.3 Å². The van der Waals surface area contributed by atoms with Crippen LogP contribution in [0.25, 0.3) is 0 Å². The maximum Gasteiger partial charge on any atom is 0.0513 e. The number of piperidine rings is 1. The number of anilines is 1. The number of halogens is 1. The zero-order valence-electron chi connectivity index (χ0n) is 13.8. The van der Waals surface area contributed by atoms with Gasteiger partial charge in [0.05, 0.1) is 5.69 Å². The van der Waals surface area contributed by atoms with Gasteiger partial charge in [0, 0.05) is 23.6 Å². The lowest BCUT2D eigenvalue weighted by Gasteiger charge is -2.40. The van der Waals surface area contributed by atoms with E-state index in [1.807, 2.05) is 0 Å². The average molecular weight is 353 g/mol. The maximum absolute atomic E-state index is 3.78. The Balaban J connectivity index is 2.05. The van der Waals surface area contributed by atoms with Crippen LogP contribution in [0.15, 0.2) is 22.7 Å². The first-order chi connectivity index (χ1) is 9.99. The highest BCUT2D eigenvalue weighted by atomic mass is 79.9. The van der Waals surface area contributed by atoms with Gasteiger partial charge in [0.2, 0.25) is 0 Å². The highest BCUT2D eigenvalue weighted by molar-refractivity contribution is 9.10. The van der Waals surface area contributed by atoms with E-state index in [2.05, 4.69) is 72.0 Å². The zero-order valence-corrected chi connectivity index (χ0v) is 15.4. The second-order valence-corrected chi connectivity index (χ2v) is 7.72. The molecule has 1 aliphatic rings. The highest BCUT2D eigenvalue weighted by Gasteiger charge is 2.25. The third kappa shape index (κ3) is 4.46. The molecule has 2 nitrogen and oxygen atoms in total. The largest absolute Gasteiger partial charge is 0.368 e. The molecule has 21 heavy (non-hydrogen) atoms. The van der Waals surface area contributed by atoms with E-state index >= 15 is 0 Å². The summed E-state index contributed by atoms with van der Waals surface area (Å²) in [5.74, 6) is 1.47. The van der Waals surface area contributed by atoms with Crippen molar-refractivity contribution in [3.8, 4) is 0 Å². The predicted octanol–water partition coefficient (Wildman–Crippen LogP) is 4.82. The van der Waals surface area contributed by atoms with Gasteiger partial charge in [0.1, 0.15) is 0 Å². The summed E-state index contributed by atoms with van der Waals surface area (Å²) in [6, 6.07) is 7.44. The molecule has 1 aliphatic heterocycles. The fourth-order valence-corrected chi connectivity index (χ4v) is 3.73. The molecule has 0 aliphatic carbocycles. The van der Waals surface area contributed by atoms with Gasteiger partial charge in [0.25, 0.3) is 0 Å². The van der Waals surface area contributed by atoms with Gasteiger partial charge in [-0.25, -0.2) is 0 Å². The fraction of sp³-hybridized carbons (Fsp3) is 0.667. The van der Waals surface area contributed by atoms with E-state index in [9.17, 15) is 0 Å². The molecule has 2 unspecified atom stereocenters. The standard InChI is InChI=1S/C18H29BrN2/c1-13(2)11-20-12-16-7-8-18(17(19)10-16)21-9-5-6-14(3)15(21)4/h7-8,10,13-15,20H,5-6,9,11-12H2,1-4H3. The third-order valence-corrected chi connectivity index (χ3v) is 5.21. The van der Waals surface area contributed by atoms with Crippen LogP contribution in [0.1, 0.15) is 46.1 Å². The molecule has 2 atom stereocenters. The molecule has 3 heteroatoms. The van der Waals surface area contributed by atoms with Crippen molar-refractivity contribution >= 4 is 21.6 Å². The molecule has 1 aromatic carbocycles. The van der Waals surface area contributed by atoms with E-state index in [1.54, 1.807) is 0 Å². The second kappa shape index (κ2) is 7.64. The molecule has 2 rings (SSSR count). The van der Waals surface area contributed by atoms with Crippen molar-refractivity contribution in [2.45, 2.75) is 53.1 Å². The molecule has 1 heterocycles. The lowest BCUT2D eigenvalue weighted by atomic mass is 9.91. The van der Waals surface area contributed by atoms with Crippen LogP contribution in [-0.2, 0) is 6.54 Å². The molecule has 1 fully saturated rings. The van der Waals surface area contributed by atoms with E-state index in [4.69, 9.17) is 0 Å². The Morgan fingerprint density at radius 3 is 2.76 bits per heavy atom. The van der Waals surface area contributed by atoms with Gasteiger partial charge >= 0.3 is 0 Å². The Morgan fingerprint density at radius 1 is 1.33 bits per heavy atom. The monoisotopic (exact) mass is 352 g/mol. The van der Waals surface area contributed by atoms with E-state index in [-0.39, 0.29) is 0 Å². The first-order valence-electron chi connectivity index (χ1n) is 8.24. The van der Waals surface area contributed by atoms with Crippen LogP contribution in [0.3, 0.4) is 0 Å². The Bertz CT molecular complexity index is 459. The first kappa shape index (κ1) is 16.8. The molecule has 0 amide bonds. The molecule has 118 valence electrons. The number of rotatable bonds is 5. The number of benzene rings is 1. The molecule has 0 spiro atoms. The van der Waals surface area contributed by atoms with Crippen LogP contribution >= 0.6 is 15.9 Å². The van der Waals surface area contributed by atoms with Crippen LogP contribution < -0.4 is 10.2 Å². The van der Waals surface area contributed by atoms with Crippen LogP contribution in [0, 0.1) is 11.8 Å². The van der Waals surface area contributed by atoms with Crippen LogP contribution in [0.5, 0.6) is 0 Å². The van der Waals surface area contributed by atoms with E-state index in [0.717, 1.165) is 19.0 Å². The summed E-state index contributed by atoms with van der Waals surface area (Å²) in [7, 11) is 0. The third-order valence-electron chi connectivity index (χ3n) is 4.58. The molecule has 1 aromatic rings. The van der Waals surface area contributed by atoms with Gasteiger partial charge in [0.15, 0.2) is 0 Å². The SMILES string of the molecule is CC(C)CNCc1ccc(N2CCCC(C)C2C)c(Br)c1. The molecule has 0 aromatic heterocycles. The summed E-state index contributed by atoms with van der Waals surface area (Å²) in [5, 5.41) is 3.51. The molecule has 0 saturated carbocycles. The van der Waals surface area contributed by atoms with E-state index in [0.29, 0.717) is 12.0 Å². The minimum Gasteiger partial charge on any atom is -0.368 e. The van der Waals surface area contributed by atoms with Crippen LogP contribution in [0.4, 0.5) is 5.69 Å². The summed E-state index contributed by atoms with van der Waals surface area (Å²) in [5.41, 5.74) is 2.70. The highest BCUT2D eigenvalue weighted by Crippen LogP contribution is 2.34. The molecular formula is C18H29BrN2. The van der Waals surface area contributed by atoms with Crippen molar-refractivity contribution in [2.24, 2.45) is 11.8 Å². The van der Waals surface area contributed by atoms with E-state index in [1.165, 1.54) is 35.1 Å². The van der Waals surface area contributed by atoms with Crippen LogP contribution in [0.2, 0.25) is 0 Å². The first-order valence-corrected chi connectivity index (χ1v) is 9.04. The van der Waals surface area contributed by atoms with Gasteiger partial charge in [-0.2, -0.15) is 0 Å². The van der Waals surface area contributed by atoms with Crippen molar-refractivity contribution in [2.75, 3.05) is 18.0 Å². The quantitative estimate of drug-likeness (QED) is 0.816. The van der Waals surface area contributed by atoms with Gasteiger partial charge in [-0.3, -0.25) is 0 Å². The maximum atomic E-state index is 3.78. The number of nitrogens with zero attached hydrogens (tertiary/aromatic N) is 1. The van der Waals surface area contributed by atoms with Crippen LogP contribution in [-0.4, -0.2) is 19.1 Å². The Kier molecular flexibility index (Phi) is 6.12. The summed E-state index contributed by atoms with van der Waals surface area (Å²) < 4.78 is 1.23. The number of nitrogens with one attached hydrogen (secondary N) is 1. The van der Waals surface area contributed by atoms with E-state index < -0.39 is 0 Å². The van der Waals surface area contributed by atoms with Crippen molar-refractivity contribution in [3.63, 3.8) is 0 Å². The number of hydrogen-bond donors (Lipinski definition) is 1. The minimum absolute atomic E-state index is 0.625. The lowest BCUT2D eigenvalue weighted by Crippen LogP contribution is -2.42. The van der Waals surface area contributed by atoms with Crippen molar-refractivity contribution in [1.82, 2.24) is 5.32 Å². The lowest BCUT2D eigenvalue weighted by molar-refractivity contribution is 0.363. The van der Waals surface area contributed by atoms with Crippen molar-refractivity contribution < 1.29 is 0 Å². The Hall–Kier alpha value is -0.540. The summed E-state index contributed by atoms with van der Waals surface area (Å²) in [6.45, 7) is 12.4. The normalized spacial score (nSPS) is 22.9. The molecule has 0 radical (unpaired) electrons. The zero-order chi connectivity index (χ0) is 15.4. The summed E-state index contributed by atoms with van der Waals surface area (Å²) >= 11 is 3.78. The smallest absolute Gasteiger partial charge is 0.0513 e. The molecule has 1 saturated heterocycles. The van der Waals surface area contributed by atoms with Gasteiger partial charge < -0.3 is 10.2 Å². The second-order valence-electron chi connectivity index (χ2n) is 6.86. The van der Waals surface area contributed by atoms with Crippen molar-refractivity contribution in [1.29, 1.82) is 0 Å². The summed E-state index contributed by atoms with van der Waals surface area (Å²) in [6.07, 6.45) is 2.65. The minimum atomic E-state index is 0.625. The van der Waals surface area contributed by atoms with Gasteiger partial charge in [-0.05, 0) is 71.8 Å². The Morgan fingerprint density at radius 2 is 2.10 bits per heavy atom. The predicted molar refractivity (Wildman–Crippen MR) is 95.9 cm³/mol. The van der Waals surface area contributed by atoms with Gasteiger partial charge in [-0.1, -0.05) is 26.8 Å². The Labute approximate surface area is 138 Å². The van der Waals surface area contributed by atoms with Gasteiger partial charge in [-0.15, -0.1) is 0 Å². The van der Waals surface area contributed by atoms with Crippen molar-refractivity contribution in [3.05, 3.63) is 28.2 Å². The molecule has 1 N–H and O–H groups in total.